The fraction of sp³-hybridized carbons (Fsp3) is 0.182. The Balaban J connectivity index is 2.76. The van der Waals surface area contributed by atoms with Crippen molar-refractivity contribution in [1.29, 1.82) is 0 Å². The number of nitrogens with zero attached hydrogens (tertiary/aromatic N) is 1. The van der Waals surface area contributed by atoms with E-state index in [-0.39, 0.29) is 5.75 Å². The van der Waals surface area contributed by atoms with E-state index in [4.69, 9.17) is 22.1 Å². The van der Waals surface area contributed by atoms with Crippen molar-refractivity contribution in [2.45, 2.75) is 6.92 Å². The summed E-state index contributed by atoms with van der Waals surface area (Å²) in [5.74, 6) is 0.647. The number of aromatic hydroxyl groups is 1. The first kappa shape index (κ1) is 11.6. The van der Waals surface area contributed by atoms with Crippen LogP contribution in [-0.4, -0.2) is 22.4 Å². The van der Waals surface area contributed by atoms with Crippen LogP contribution in [0.4, 0.5) is 5.82 Å². The molecule has 0 unspecified atom stereocenters. The predicted molar refractivity (Wildman–Crippen MR) is 66.4 cm³/mol. The van der Waals surface area contributed by atoms with Crippen molar-refractivity contribution < 1.29 is 9.84 Å². The first-order valence-electron chi connectivity index (χ1n) is 4.91. The fourth-order valence-corrected chi connectivity index (χ4v) is 1.90. The van der Waals surface area contributed by atoms with Gasteiger partial charge in [-0.15, -0.1) is 0 Å². The summed E-state index contributed by atoms with van der Waals surface area (Å²) in [6.07, 6.45) is 1.51. The molecule has 0 saturated carbocycles. The molecule has 6 heteroatoms. The van der Waals surface area contributed by atoms with Gasteiger partial charge in [0.05, 0.1) is 23.9 Å². The molecule has 0 saturated heterocycles. The second-order valence-corrected chi connectivity index (χ2v) is 4.01. The number of anilines is 1. The van der Waals surface area contributed by atoms with Gasteiger partial charge < -0.3 is 15.6 Å². The Morgan fingerprint density at radius 2 is 2.24 bits per heavy atom. The van der Waals surface area contributed by atoms with E-state index in [2.05, 4.69) is 10.2 Å². The van der Waals surface area contributed by atoms with E-state index in [9.17, 15) is 5.11 Å². The summed E-state index contributed by atoms with van der Waals surface area (Å²) in [6, 6.07) is 1.66. The summed E-state index contributed by atoms with van der Waals surface area (Å²) in [6.45, 7) is 1.82. The van der Waals surface area contributed by atoms with Crippen LogP contribution in [0.1, 0.15) is 5.56 Å². The van der Waals surface area contributed by atoms with Crippen LogP contribution >= 0.6 is 11.6 Å². The van der Waals surface area contributed by atoms with Crippen molar-refractivity contribution in [3.63, 3.8) is 0 Å². The largest absolute Gasteiger partial charge is 0.504 e. The number of phenols is 1. The van der Waals surface area contributed by atoms with E-state index < -0.39 is 0 Å². The lowest BCUT2D eigenvalue weighted by atomic mass is 10.0. The molecule has 0 aliphatic carbocycles. The van der Waals surface area contributed by atoms with Gasteiger partial charge in [-0.05, 0) is 18.6 Å². The smallest absolute Gasteiger partial charge is 0.167 e. The highest BCUT2D eigenvalue weighted by Crippen LogP contribution is 2.45. The summed E-state index contributed by atoms with van der Waals surface area (Å²) >= 11 is 6.18. The van der Waals surface area contributed by atoms with Crippen molar-refractivity contribution in [1.82, 2.24) is 10.2 Å². The summed E-state index contributed by atoms with van der Waals surface area (Å²) in [4.78, 5) is 0. The van der Waals surface area contributed by atoms with Gasteiger partial charge in [-0.2, -0.15) is 5.10 Å². The number of nitrogens with two attached hydrogens (primary N) is 1. The van der Waals surface area contributed by atoms with E-state index >= 15 is 0 Å². The molecule has 2 aromatic rings. The van der Waals surface area contributed by atoms with Gasteiger partial charge in [0.15, 0.2) is 11.5 Å². The normalized spacial score (nSPS) is 10.5. The number of nitrogens with one attached hydrogen (secondary N) is 1. The van der Waals surface area contributed by atoms with E-state index in [1.807, 2.05) is 6.92 Å². The number of benzene rings is 1. The molecule has 0 fully saturated rings. The van der Waals surface area contributed by atoms with Crippen molar-refractivity contribution in [3.05, 3.63) is 22.8 Å². The molecule has 17 heavy (non-hydrogen) atoms. The average Bonchev–Trinajstić information content (AvgIpc) is 2.71. The van der Waals surface area contributed by atoms with Crippen molar-refractivity contribution in [3.8, 4) is 22.6 Å². The topological polar surface area (TPSA) is 84.2 Å². The zero-order valence-corrected chi connectivity index (χ0v) is 10.2. The standard InChI is InChI=1S/C11H12ClN3O2/c1-5-3-7(17-2)10(16)8(9(5)12)6-4-14-15-11(6)13/h3-4,16H,1-2H3,(H3,13,14,15). The van der Waals surface area contributed by atoms with Crippen LogP contribution in [0, 0.1) is 6.92 Å². The van der Waals surface area contributed by atoms with E-state index in [0.29, 0.717) is 27.7 Å². The van der Waals surface area contributed by atoms with Gasteiger partial charge in [-0.3, -0.25) is 5.10 Å². The lowest BCUT2D eigenvalue weighted by Gasteiger charge is -2.12. The van der Waals surface area contributed by atoms with Gasteiger partial charge in [0, 0.05) is 5.56 Å². The maximum atomic E-state index is 10.1. The fourth-order valence-electron chi connectivity index (χ4n) is 1.65. The monoisotopic (exact) mass is 253 g/mol. The number of ether oxygens (including phenoxy) is 1. The van der Waals surface area contributed by atoms with Crippen LogP contribution in [0.3, 0.4) is 0 Å². The minimum Gasteiger partial charge on any atom is -0.504 e. The molecular formula is C11H12ClN3O2. The second-order valence-electron chi connectivity index (χ2n) is 3.63. The SMILES string of the molecule is COc1cc(C)c(Cl)c(-c2cn[nH]c2N)c1O. The molecule has 0 aliphatic rings. The van der Waals surface area contributed by atoms with Gasteiger partial charge in [0.2, 0.25) is 0 Å². The number of aromatic amines is 1. The number of hydrogen-bond donors (Lipinski definition) is 3. The Labute approximate surface area is 103 Å². The van der Waals surface area contributed by atoms with E-state index in [1.54, 1.807) is 6.07 Å². The molecule has 1 aromatic carbocycles. The third-order valence-corrected chi connectivity index (χ3v) is 3.03. The molecular weight excluding hydrogens is 242 g/mol. The third-order valence-electron chi connectivity index (χ3n) is 2.54. The molecule has 0 amide bonds. The molecule has 1 heterocycles. The van der Waals surface area contributed by atoms with Crippen LogP contribution in [0.2, 0.25) is 5.02 Å². The maximum absolute atomic E-state index is 10.1. The van der Waals surface area contributed by atoms with Crippen LogP contribution in [0.25, 0.3) is 11.1 Å². The number of halogens is 1. The van der Waals surface area contributed by atoms with Gasteiger partial charge in [0.25, 0.3) is 0 Å². The lowest BCUT2D eigenvalue weighted by Crippen LogP contribution is -1.93. The van der Waals surface area contributed by atoms with Gasteiger partial charge >= 0.3 is 0 Å². The summed E-state index contributed by atoms with van der Waals surface area (Å²) in [5.41, 5.74) is 7.49. The average molecular weight is 254 g/mol. The molecule has 0 spiro atoms. The Kier molecular flexibility index (Phi) is 2.85. The summed E-state index contributed by atoms with van der Waals surface area (Å²) in [7, 11) is 1.48. The number of rotatable bonds is 2. The number of phenolic OH excluding ortho intramolecular Hbond substituents is 1. The zero-order chi connectivity index (χ0) is 12.6. The molecule has 0 radical (unpaired) electrons. The van der Waals surface area contributed by atoms with E-state index in [0.717, 1.165) is 5.56 Å². The number of H-pyrrole nitrogens is 1. The highest BCUT2D eigenvalue weighted by atomic mass is 35.5. The number of nitrogen functional groups attached to an aromatic ring is 1. The van der Waals surface area contributed by atoms with Crippen LogP contribution in [0.15, 0.2) is 12.3 Å². The molecule has 0 aliphatic heterocycles. The Morgan fingerprint density at radius 3 is 2.76 bits per heavy atom. The Hall–Kier alpha value is -1.88. The molecule has 0 bridgehead atoms. The van der Waals surface area contributed by atoms with Gasteiger partial charge in [-0.1, -0.05) is 11.6 Å². The number of hydrogen-bond acceptors (Lipinski definition) is 4. The van der Waals surface area contributed by atoms with Crippen LogP contribution in [0.5, 0.6) is 11.5 Å². The maximum Gasteiger partial charge on any atom is 0.167 e. The number of aromatic nitrogens is 2. The Morgan fingerprint density at radius 1 is 1.53 bits per heavy atom. The van der Waals surface area contributed by atoms with Crippen molar-refractivity contribution >= 4 is 17.4 Å². The summed E-state index contributed by atoms with van der Waals surface area (Å²) in [5, 5.41) is 16.9. The first-order valence-corrected chi connectivity index (χ1v) is 5.29. The van der Waals surface area contributed by atoms with Gasteiger partial charge in [-0.25, -0.2) is 0 Å². The number of aryl methyl sites for hydroxylation is 1. The van der Waals surface area contributed by atoms with Crippen molar-refractivity contribution in [2.24, 2.45) is 0 Å². The van der Waals surface area contributed by atoms with Crippen LogP contribution < -0.4 is 10.5 Å². The molecule has 5 nitrogen and oxygen atoms in total. The Bertz CT molecular complexity index is 566. The molecule has 0 atom stereocenters. The highest BCUT2D eigenvalue weighted by molar-refractivity contribution is 6.34. The molecule has 1 aromatic heterocycles. The zero-order valence-electron chi connectivity index (χ0n) is 9.41. The van der Waals surface area contributed by atoms with Crippen LogP contribution in [-0.2, 0) is 0 Å². The molecule has 2 rings (SSSR count). The highest BCUT2D eigenvalue weighted by Gasteiger charge is 2.19. The van der Waals surface area contributed by atoms with E-state index in [1.165, 1.54) is 13.3 Å². The quantitative estimate of drug-likeness (QED) is 0.767. The summed E-state index contributed by atoms with van der Waals surface area (Å²) < 4.78 is 5.08. The third kappa shape index (κ3) is 1.78. The minimum atomic E-state index is -0.0452. The van der Waals surface area contributed by atoms with Gasteiger partial charge in [0.1, 0.15) is 5.82 Å². The lowest BCUT2D eigenvalue weighted by molar-refractivity contribution is 0.374. The first-order chi connectivity index (χ1) is 8.06. The second kappa shape index (κ2) is 4.18. The molecule has 90 valence electrons. The number of methoxy groups -OCH3 is 1. The predicted octanol–water partition coefficient (Wildman–Crippen LogP) is 2.33. The molecule has 4 N–H and O–H groups in total. The minimum absolute atomic E-state index is 0.0452. The van der Waals surface area contributed by atoms with Crippen molar-refractivity contribution in [2.75, 3.05) is 12.8 Å².